The molecule has 4 heterocycles. The van der Waals surface area contributed by atoms with Crippen molar-refractivity contribution >= 4 is 54.5 Å². The van der Waals surface area contributed by atoms with Crippen molar-refractivity contribution in [3.63, 3.8) is 0 Å². The Kier molecular flexibility index (Phi) is 5.06. The minimum atomic E-state index is 0.0555. The number of benzene rings is 6. The summed E-state index contributed by atoms with van der Waals surface area (Å²) in [4.78, 5) is 5.13. The lowest BCUT2D eigenvalue weighted by Crippen LogP contribution is -2.38. The second-order valence-corrected chi connectivity index (χ2v) is 12.5. The SMILES string of the molecule is COc1cc2cc3c4c(cc(OC)c(OC)c4c2cc1OC)[C@H]1[C@H](c2c4c5c(cc6c(c5c5ccccc25)OCO6)CCN41)N3C. The van der Waals surface area contributed by atoms with Gasteiger partial charge in [0.15, 0.2) is 34.5 Å². The van der Waals surface area contributed by atoms with Gasteiger partial charge in [0.2, 0.25) is 6.79 Å². The van der Waals surface area contributed by atoms with E-state index in [1.807, 2.05) is 0 Å². The Labute approximate surface area is 265 Å². The highest BCUT2D eigenvalue weighted by Gasteiger charge is 2.50. The fraction of sp³-hybridized carbons (Fsp3) is 0.263. The molecule has 0 aliphatic carbocycles. The van der Waals surface area contributed by atoms with E-state index in [9.17, 15) is 0 Å². The van der Waals surface area contributed by atoms with Crippen molar-refractivity contribution in [1.29, 1.82) is 0 Å². The van der Waals surface area contributed by atoms with Gasteiger partial charge >= 0.3 is 0 Å². The van der Waals surface area contributed by atoms with Crippen LogP contribution in [0.5, 0.6) is 34.5 Å². The fourth-order valence-corrected chi connectivity index (χ4v) is 8.98. The Hall–Kier alpha value is -5.24. The third-order valence-electron chi connectivity index (χ3n) is 10.8. The standard InChI is InChI=1S/C38H32N2O6/c1-39-24-12-19-14-25(41-2)26(42-3)15-22(19)32-30(24)23(16-27(43-4)37(32)44-5)34-36(39)33-21-9-7-6-8-20(21)31-29-18(10-11-40(34)35(29)33)13-28-38(31)46-17-45-28/h6-9,12-16,34,36H,10-11,17H2,1-5H3/t34-,36-/m0/s1. The number of hydrogen-bond acceptors (Lipinski definition) is 8. The van der Waals surface area contributed by atoms with Crippen LogP contribution >= 0.6 is 0 Å². The predicted octanol–water partition coefficient (Wildman–Crippen LogP) is 7.67. The van der Waals surface area contributed by atoms with Crippen LogP contribution in [0, 0.1) is 0 Å². The number of fused-ring (bicyclic) bond motifs is 11. The van der Waals surface area contributed by atoms with Crippen molar-refractivity contribution in [2.75, 3.05) is 58.6 Å². The van der Waals surface area contributed by atoms with Gasteiger partial charge < -0.3 is 38.2 Å². The minimum absolute atomic E-state index is 0.0555. The molecule has 0 saturated heterocycles. The van der Waals surface area contributed by atoms with Crippen LogP contribution in [0.15, 0.2) is 54.6 Å². The third kappa shape index (κ3) is 2.95. The molecule has 6 aromatic rings. The number of nitrogens with zero attached hydrogens (tertiary/aromatic N) is 2. The quantitative estimate of drug-likeness (QED) is 0.188. The zero-order valence-corrected chi connectivity index (χ0v) is 26.3. The van der Waals surface area contributed by atoms with E-state index in [0.29, 0.717) is 23.0 Å². The summed E-state index contributed by atoms with van der Waals surface area (Å²) in [5, 5.41) is 9.15. The lowest BCUT2D eigenvalue weighted by molar-refractivity contribution is 0.175. The molecule has 0 spiro atoms. The van der Waals surface area contributed by atoms with Crippen molar-refractivity contribution in [2.45, 2.75) is 18.5 Å². The van der Waals surface area contributed by atoms with Gasteiger partial charge in [0.25, 0.3) is 0 Å². The summed E-state index contributed by atoms with van der Waals surface area (Å²) < 4.78 is 35.9. The van der Waals surface area contributed by atoms with Gasteiger partial charge in [-0.1, -0.05) is 24.3 Å². The number of hydrogen-bond donors (Lipinski definition) is 0. The van der Waals surface area contributed by atoms with Crippen LogP contribution in [0.3, 0.4) is 0 Å². The van der Waals surface area contributed by atoms with Crippen molar-refractivity contribution in [1.82, 2.24) is 0 Å². The van der Waals surface area contributed by atoms with E-state index >= 15 is 0 Å². The minimum Gasteiger partial charge on any atom is -0.493 e. The maximum atomic E-state index is 6.17. The van der Waals surface area contributed by atoms with E-state index in [1.165, 1.54) is 43.9 Å². The summed E-state index contributed by atoms with van der Waals surface area (Å²) in [5.74, 6) is 4.49. The molecule has 8 nitrogen and oxygen atoms in total. The van der Waals surface area contributed by atoms with Crippen LogP contribution in [0.4, 0.5) is 11.4 Å². The Bertz CT molecular complexity index is 2350. The van der Waals surface area contributed by atoms with E-state index in [-0.39, 0.29) is 18.9 Å². The van der Waals surface area contributed by atoms with Crippen molar-refractivity contribution < 1.29 is 28.4 Å². The molecular formula is C38H32N2O6. The molecule has 0 amide bonds. The fourth-order valence-electron chi connectivity index (χ4n) is 8.98. The molecule has 46 heavy (non-hydrogen) atoms. The molecule has 6 aromatic carbocycles. The van der Waals surface area contributed by atoms with Crippen LogP contribution in [0.2, 0.25) is 0 Å². The molecular weight excluding hydrogens is 580 g/mol. The van der Waals surface area contributed by atoms with Gasteiger partial charge in [-0.05, 0) is 69.4 Å². The average molecular weight is 613 g/mol. The predicted molar refractivity (Wildman–Crippen MR) is 180 cm³/mol. The monoisotopic (exact) mass is 612 g/mol. The third-order valence-corrected chi connectivity index (χ3v) is 10.8. The van der Waals surface area contributed by atoms with Crippen LogP contribution in [-0.2, 0) is 6.42 Å². The normalized spacial score (nSPS) is 18.5. The van der Waals surface area contributed by atoms with E-state index in [2.05, 4.69) is 71.4 Å². The lowest BCUT2D eigenvalue weighted by atomic mass is 9.83. The van der Waals surface area contributed by atoms with Crippen LogP contribution in [0.25, 0.3) is 43.1 Å². The lowest BCUT2D eigenvalue weighted by Gasteiger charge is -2.42. The van der Waals surface area contributed by atoms with Crippen LogP contribution in [0.1, 0.15) is 28.8 Å². The first kappa shape index (κ1) is 26.0. The van der Waals surface area contributed by atoms with Crippen LogP contribution < -0.4 is 38.2 Å². The molecule has 0 radical (unpaired) electrons. The highest BCUT2D eigenvalue weighted by molar-refractivity contribution is 6.23. The van der Waals surface area contributed by atoms with E-state index in [4.69, 9.17) is 28.4 Å². The largest absolute Gasteiger partial charge is 0.493 e. The zero-order valence-electron chi connectivity index (χ0n) is 26.3. The molecule has 0 bridgehead atoms. The Morgan fingerprint density at radius 1 is 0.717 bits per heavy atom. The summed E-state index contributed by atoms with van der Waals surface area (Å²) in [6.45, 7) is 1.14. The topological polar surface area (TPSA) is 61.9 Å². The first-order chi connectivity index (χ1) is 22.6. The Morgan fingerprint density at radius 3 is 2.28 bits per heavy atom. The number of likely N-dealkylation sites (N-methyl/N-ethyl adjacent to an activating group) is 1. The van der Waals surface area contributed by atoms with Gasteiger partial charge in [-0.2, -0.15) is 0 Å². The van der Waals surface area contributed by atoms with E-state index in [1.54, 1.807) is 28.4 Å². The highest BCUT2D eigenvalue weighted by Crippen LogP contribution is 2.65. The van der Waals surface area contributed by atoms with Gasteiger partial charge in [0.1, 0.15) is 0 Å². The van der Waals surface area contributed by atoms with Crippen molar-refractivity contribution in [3.05, 3.63) is 71.3 Å². The second-order valence-electron chi connectivity index (χ2n) is 12.5. The van der Waals surface area contributed by atoms with E-state index < -0.39 is 0 Å². The van der Waals surface area contributed by atoms with E-state index in [0.717, 1.165) is 51.7 Å². The number of methoxy groups -OCH3 is 4. The number of ether oxygens (including phenoxy) is 6. The maximum Gasteiger partial charge on any atom is 0.231 e. The molecule has 4 aliphatic heterocycles. The summed E-state index contributed by atoms with van der Waals surface area (Å²) in [6.07, 6.45) is 0.920. The highest BCUT2D eigenvalue weighted by atomic mass is 16.7. The second kappa shape index (κ2) is 8.94. The van der Waals surface area contributed by atoms with Gasteiger partial charge in [-0.3, -0.25) is 0 Å². The molecule has 2 atom stereocenters. The molecule has 0 unspecified atom stereocenters. The molecule has 0 saturated carbocycles. The average Bonchev–Trinajstić information content (AvgIpc) is 3.71. The Morgan fingerprint density at radius 2 is 1.50 bits per heavy atom. The summed E-state index contributed by atoms with van der Waals surface area (Å²) in [7, 11) is 9.03. The smallest absolute Gasteiger partial charge is 0.231 e. The Balaban J connectivity index is 1.36. The van der Waals surface area contributed by atoms with Crippen molar-refractivity contribution in [3.8, 4) is 34.5 Å². The molecule has 0 aromatic heterocycles. The molecule has 0 N–H and O–H groups in total. The zero-order chi connectivity index (χ0) is 31.0. The van der Waals surface area contributed by atoms with Crippen LogP contribution in [-0.4, -0.2) is 48.8 Å². The summed E-state index contributed by atoms with van der Waals surface area (Å²) in [6, 6.07) is 19.7. The van der Waals surface area contributed by atoms with Crippen molar-refractivity contribution in [2.24, 2.45) is 0 Å². The molecule has 8 heteroatoms. The first-order valence-corrected chi connectivity index (χ1v) is 15.6. The maximum absolute atomic E-state index is 6.17. The molecule has 4 aliphatic rings. The van der Waals surface area contributed by atoms with Gasteiger partial charge in [-0.25, -0.2) is 0 Å². The first-order valence-electron chi connectivity index (χ1n) is 15.6. The number of rotatable bonds is 4. The van der Waals surface area contributed by atoms with Gasteiger partial charge in [-0.15, -0.1) is 0 Å². The summed E-state index contributed by atoms with van der Waals surface area (Å²) >= 11 is 0. The van der Waals surface area contributed by atoms with Gasteiger partial charge in [0, 0.05) is 46.4 Å². The summed E-state index contributed by atoms with van der Waals surface area (Å²) in [5.41, 5.74) is 6.36. The molecule has 230 valence electrons. The van der Waals surface area contributed by atoms with Gasteiger partial charge in [0.05, 0.1) is 46.2 Å². The molecule has 0 fully saturated rings. The molecule has 10 rings (SSSR count). The number of anilines is 2.